The number of aromatic nitrogens is 2. The molecule has 0 aliphatic carbocycles. The molecule has 1 fully saturated rings. The Bertz CT molecular complexity index is 1140. The van der Waals surface area contributed by atoms with Crippen molar-refractivity contribution in [2.75, 3.05) is 32.0 Å². The number of fused-ring (bicyclic) bond motifs is 1. The Balaban J connectivity index is 1.60. The highest BCUT2D eigenvalue weighted by atomic mass is 32.2. The number of hydrogen-bond acceptors (Lipinski definition) is 6. The second kappa shape index (κ2) is 8.16. The summed E-state index contributed by atoms with van der Waals surface area (Å²) in [5.74, 6) is 0.742. The first kappa shape index (κ1) is 21.6. The van der Waals surface area contributed by atoms with E-state index in [1.54, 1.807) is 25.8 Å². The van der Waals surface area contributed by atoms with Crippen molar-refractivity contribution in [3.63, 3.8) is 0 Å². The van der Waals surface area contributed by atoms with Gasteiger partial charge in [0.05, 0.1) is 17.1 Å². The fourth-order valence-electron chi connectivity index (χ4n) is 4.19. The van der Waals surface area contributed by atoms with Crippen LogP contribution in [-0.4, -0.2) is 60.2 Å². The fraction of sp³-hybridized carbons (Fsp3) is 0.476. The van der Waals surface area contributed by atoms with Gasteiger partial charge in [0.25, 0.3) is 0 Å². The minimum absolute atomic E-state index is 0.00421. The summed E-state index contributed by atoms with van der Waals surface area (Å²) in [5, 5.41) is 3.12. The van der Waals surface area contributed by atoms with E-state index in [0.717, 1.165) is 17.1 Å². The highest BCUT2D eigenvalue weighted by molar-refractivity contribution is 7.89. The first-order chi connectivity index (χ1) is 14.7. The van der Waals surface area contributed by atoms with E-state index in [-0.39, 0.29) is 23.3 Å². The van der Waals surface area contributed by atoms with Crippen LogP contribution in [0.25, 0.3) is 0 Å². The number of carbonyl (C=O) groups excluding carboxylic acids is 1. The van der Waals surface area contributed by atoms with Gasteiger partial charge in [-0.15, -0.1) is 0 Å². The molecule has 1 saturated heterocycles. The van der Waals surface area contributed by atoms with E-state index in [2.05, 4.69) is 10.3 Å². The smallest absolute Gasteiger partial charge is 0.243 e. The van der Waals surface area contributed by atoms with Crippen LogP contribution in [-0.2, 0) is 27.8 Å². The van der Waals surface area contributed by atoms with Crippen molar-refractivity contribution in [1.29, 1.82) is 0 Å². The van der Waals surface area contributed by atoms with E-state index in [0.29, 0.717) is 43.9 Å². The van der Waals surface area contributed by atoms with Crippen molar-refractivity contribution < 1.29 is 17.6 Å². The van der Waals surface area contributed by atoms with Gasteiger partial charge in [-0.2, -0.15) is 4.31 Å². The van der Waals surface area contributed by atoms with Crippen molar-refractivity contribution >= 4 is 21.7 Å². The third-order valence-electron chi connectivity index (χ3n) is 6.05. The third kappa shape index (κ3) is 4.01. The molecular formula is C21H26FN5O3S. The van der Waals surface area contributed by atoms with Gasteiger partial charge in [-0.3, -0.25) is 4.79 Å². The minimum atomic E-state index is -3.73. The lowest BCUT2D eigenvalue weighted by Crippen LogP contribution is -2.35. The highest BCUT2D eigenvalue weighted by Gasteiger charge is 2.36. The number of hydrogen-bond donors (Lipinski definition) is 1. The number of sulfonamides is 1. The number of aryl methyl sites for hydroxylation is 1. The Morgan fingerprint density at radius 1 is 1.26 bits per heavy atom. The number of halogens is 1. The molecule has 0 bridgehead atoms. The molecule has 0 spiro atoms. The number of benzene rings is 1. The zero-order valence-electron chi connectivity index (χ0n) is 17.9. The van der Waals surface area contributed by atoms with Crippen molar-refractivity contribution in [3.8, 4) is 0 Å². The minimum Gasteiger partial charge on any atom is -0.373 e. The molecule has 2 aromatic rings. The molecule has 8 nitrogen and oxygen atoms in total. The number of nitrogens with zero attached hydrogens (tertiary/aromatic N) is 4. The molecule has 0 unspecified atom stereocenters. The average molecular weight is 448 g/mol. The van der Waals surface area contributed by atoms with Crippen LogP contribution >= 0.6 is 0 Å². The number of anilines is 1. The van der Waals surface area contributed by atoms with Gasteiger partial charge in [0.15, 0.2) is 0 Å². The summed E-state index contributed by atoms with van der Waals surface area (Å²) in [6.45, 7) is 4.76. The number of nitrogens with one attached hydrogen (secondary N) is 1. The molecule has 2 aliphatic rings. The van der Waals surface area contributed by atoms with Crippen molar-refractivity contribution in [3.05, 3.63) is 46.7 Å². The molecule has 1 atom stereocenters. The second-order valence-electron chi connectivity index (χ2n) is 8.06. The monoisotopic (exact) mass is 447 g/mol. The zero-order chi connectivity index (χ0) is 22.3. The molecule has 166 valence electrons. The summed E-state index contributed by atoms with van der Waals surface area (Å²) in [5.41, 5.74) is 2.11. The number of rotatable bonds is 4. The van der Waals surface area contributed by atoms with E-state index < -0.39 is 15.8 Å². The Kier molecular flexibility index (Phi) is 5.69. The van der Waals surface area contributed by atoms with Gasteiger partial charge in [0.1, 0.15) is 17.5 Å². The van der Waals surface area contributed by atoms with Crippen LogP contribution in [0.4, 0.5) is 10.2 Å². The predicted molar refractivity (Wildman–Crippen MR) is 114 cm³/mol. The van der Waals surface area contributed by atoms with Gasteiger partial charge in [-0.25, -0.2) is 22.8 Å². The molecule has 4 rings (SSSR count). The Labute approximate surface area is 181 Å². The van der Waals surface area contributed by atoms with Gasteiger partial charge in [0.2, 0.25) is 15.9 Å². The van der Waals surface area contributed by atoms with E-state index in [1.165, 1.54) is 22.5 Å². The summed E-state index contributed by atoms with van der Waals surface area (Å²) < 4.78 is 41.1. The second-order valence-corrected chi connectivity index (χ2v) is 9.99. The van der Waals surface area contributed by atoms with E-state index in [1.807, 2.05) is 0 Å². The quantitative estimate of drug-likeness (QED) is 0.771. The Hall–Kier alpha value is -2.59. The molecule has 0 radical (unpaired) electrons. The van der Waals surface area contributed by atoms with Gasteiger partial charge in [-0.1, -0.05) is 0 Å². The van der Waals surface area contributed by atoms with E-state index >= 15 is 0 Å². The van der Waals surface area contributed by atoms with Crippen LogP contribution in [0.5, 0.6) is 0 Å². The molecular weight excluding hydrogens is 421 g/mol. The zero-order valence-corrected chi connectivity index (χ0v) is 18.7. The SMILES string of the molecule is CNc1nc([C@H]2CCN(S(=O)(=O)c3ccc(F)c(C)c3)C2)nc2c1CCN(C(C)=O)C2. The first-order valence-electron chi connectivity index (χ1n) is 10.3. The van der Waals surface area contributed by atoms with Gasteiger partial charge < -0.3 is 10.2 Å². The van der Waals surface area contributed by atoms with Gasteiger partial charge in [0, 0.05) is 45.1 Å². The maximum Gasteiger partial charge on any atom is 0.243 e. The molecule has 10 heteroatoms. The summed E-state index contributed by atoms with van der Waals surface area (Å²) in [6, 6.07) is 3.85. The molecule has 3 heterocycles. The molecule has 1 aromatic carbocycles. The van der Waals surface area contributed by atoms with Crippen molar-refractivity contribution in [1.82, 2.24) is 19.2 Å². The van der Waals surface area contributed by atoms with Crippen LogP contribution in [0.2, 0.25) is 0 Å². The summed E-state index contributed by atoms with van der Waals surface area (Å²) in [7, 11) is -1.93. The van der Waals surface area contributed by atoms with Crippen LogP contribution in [0, 0.1) is 12.7 Å². The number of amides is 1. The Morgan fingerprint density at radius 2 is 2.03 bits per heavy atom. The maximum absolute atomic E-state index is 13.6. The fourth-order valence-corrected chi connectivity index (χ4v) is 5.78. The summed E-state index contributed by atoms with van der Waals surface area (Å²) >= 11 is 0. The van der Waals surface area contributed by atoms with Crippen molar-refractivity contribution in [2.24, 2.45) is 0 Å². The topological polar surface area (TPSA) is 95.5 Å². The lowest BCUT2D eigenvalue weighted by Gasteiger charge is -2.29. The predicted octanol–water partition coefficient (Wildman–Crippen LogP) is 2.05. The molecule has 1 N–H and O–H groups in total. The van der Waals surface area contributed by atoms with Crippen molar-refractivity contribution in [2.45, 2.75) is 44.0 Å². The van der Waals surface area contributed by atoms with Crippen LogP contribution < -0.4 is 5.32 Å². The molecule has 2 aliphatic heterocycles. The molecule has 1 amide bonds. The normalized spacial score (nSPS) is 19.4. The maximum atomic E-state index is 13.6. The third-order valence-corrected chi connectivity index (χ3v) is 7.91. The Morgan fingerprint density at radius 3 is 2.71 bits per heavy atom. The van der Waals surface area contributed by atoms with Crippen LogP contribution in [0.1, 0.15) is 41.9 Å². The van der Waals surface area contributed by atoms with E-state index in [9.17, 15) is 17.6 Å². The number of carbonyl (C=O) groups is 1. The largest absolute Gasteiger partial charge is 0.373 e. The molecule has 0 saturated carbocycles. The van der Waals surface area contributed by atoms with Gasteiger partial charge >= 0.3 is 0 Å². The standard InChI is InChI=1S/C21H26FN5O3S/c1-13-10-16(4-5-18(13)22)31(29,30)27-9-6-15(11-27)20-24-19-12-26(14(2)28)8-7-17(19)21(23-3)25-20/h4-5,10,15H,6-9,11-12H2,1-3H3,(H,23,24,25)/t15-/m0/s1. The lowest BCUT2D eigenvalue weighted by atomic mass is 10.0. The first-order valence-corrected chi connectivity index (χ1v) is 11.7. The molecule has 1 aromatic heterocycles. The highest BCUT2D eigenvalue weighted by Crippen LogP contribution is 2.32. The average Bonchev–Trinajstić information content (AvgIpc) is 3.25. The molecule has 31 heavy (non-hydrogen) atoms. The van der Waals surface area contributed by atoms with E-state index in [4.69, 9.17) is 4.98 Å². The van der Waals surface area contributed by atoms with Crippen LogP contribution in [0.15, 0.2) is 23.1 Å². The summed E-state index contributed by atoms with van der Waals surface area (Å²) in [4.78, 5) is 23.1. The van der Waals surface area contributed by atoms with Crippen LogP contribution in [0.3, 0.4) is 0 Å². The lowest BCUT2D eigenvalue weighted by molar-refractivity contribution is -0.129. The van der Waals surface area contributed by atoms with Gasteiger partial charge in [-0.05, 0) is 43.5 Å². The summed E-state index contributed by atoms with van der Waals surface area (Å²) in [6.07, 6.45) is 1.28.